The quantitative estimate of drug-likeness (QED) is 0.802. The van der Waals surface area contributed by atoms with Gasteiger partial charge in [0.2, 0.25) is 0 Å². The fraction of sp³-hybridized carbons (Fsp3) is 0.929. The molecule has 98 valence electrons. The van der Waals surface area contributed by atoms with Gasteiger partial charge in [-0.15, -0.1) is 0 Å². The molecule has 2 saturated carbocycles. The van der Waals surface area contributed by atoms with Gasteiger partial charge in [0.15, 0.2) is 0 Å². The van der Waals surface area contributed by atoms with Crippen molar-refractivity contribution in [3.05, 3.63) is 0 Å². The van der Waals surface area contributed by atoms with Crippen LogP contribution in [0, 0.1) is 11.3 Å². The molecule has 17 heavy (non-hydrogen) atoms. The highest BCUT2D eigenvalue weighted by atomic mass is 16.4. The van der Waals surface area contributed by atoms with Crippen LogP contribution in [0.15, 0.2) is 0 Å². The van der Waals surface area contributed by atoms with Gasteiger partial charge in [-0.2, -0.15) is 0 Å². The van der Waals surface area contributed by atoms with Gasteiger partial charge in [0.05, 0.1) is 6.54 Å². The largest absolute Gasteiger partial charge is 0.480 e. The molecule has 0 aliphatic heterocycles. The van der Waals surface area contributed by atoms with E-state index in [1.807, 2.05) is 0 Å². The predicted molar refractivity (Wildman–Crippen MR) is 68.0 cm³/mol. The summed E-state index contributed by atoms with van der Waals surface area (Å²) in [6.45, 7) is 5.87. The normalized spacial score (nSPS) is 28.3. The van der Waals surface area contributed by atoms with E-state index < -0.39 is 5.97 Å². The molecule has 0 bridgehead atoms. The summed E-state index contributed by atoms with van der Waals surface area (Å²) in [5.41, 5.74) is 0.392. The van der Waals surface area contributed by atoms with Crippen LogP contribution in [0.3, 0.4) is 0 Å². The van der Waals surface area contributed by atoms with Crippen LogP contribution in [0.2, 0.25) is 0 Å². The maximum absolute atomic E-state index is 11.0. The highest BCUT2D eigenvalue weighted by molar-refractivity contribution is 5.69. The van der Waals surface area contributed by atoms with Gasteiger partial charge >= 0.3 is 5.97 Å². The van der Waals surface area contributed by atoms with Gasteiger partial charge in [-0.05, 0) is 43.4 Å². The zero-order valence-corrected chi connectivity index (χ0v) is 11.1. The Kier molecular flexibility index (Phi) is 3.76. The van der Waals surface area contributed by atoms with Gasteiger partial charge in [-0.3, -0.25) is 9.69 Å². The zero-order chi connectivity index (χ0) is 12.5. The lowest BCUT2D eigenvalue weighted by molar-refractivity contribution is -0.139. The van der Waals surface area contributed by atoms with Gasteiger partial charge in [-0.25, -0.2) is 0 Å². The molecule has 3 heteroatoms. The molecule has 1 unspecified atom stereocenters. The van der Waals surface area contributed by atoms with E-state index in [2.05, 4.69) is 18.7 Å². The van der Waals surface area contributed by atoms with E-state index in [0.29, 0.717) is 11.5 Å². The Morgan fingerprint density at radius 2 is 2.06 bits per heavy atom. The molecule has 2 fully saturated rings. The van der Waals surface area contributed by atoms with Gasteiger partial charge in [0.1, 0.15) is 0 Å². The molecule has 0 aromatic rings. The number of rotatable bonds is 5. The summed E-state index contributed by atoms with van der Waals surface area (Å²) in [6.07, 6.45) is 7.47. The van der Waals surface area contributed by atoms with Crippen LogP contribution in [-0.4, -0.2) is 35.1 Å². The molecule has 0 aromatic carbocycles. The molecule has 0 amide bonds. The standard InChI is InChI=1S/C14H25NO2/c1-14(2)7-3-4-12(8-14)15(10-13(16)17)9-11-5-6-11/h11-12H,3-10H2,1-2H3,(H,16,17). The number of hydrogen-bond donors (Lipinski definition) is 1. The van der Waals surface area contributed by atoms with Crippen LogP contribution < -0.4 is 0 Å². The van der Waals surface area contributed by atoms with Crippen LogP contribution in [-0.2, 0) is 4.79 Å². The van der Waals surface area contributed by atoms with E-state index in [1.54, 1.807) is 0 Å². The number of hydrogen-bond acceptors (Lipinski definition) is 2. The van der Waals surface area contributed by atoms with Gasteiger partial charge in [0, 0.05) is 12.6 Å². The molecular weight excluding hydrogens is 214 g/mol. The van der Waals surface area contributed by atoms with E-state index in [4.69, 9.17) is 5.11 Å². The van der Waals surface area contributed by atoms with E-state index in [9.17, 15) is 4.79 Å². The van der Waals surface area contributed by atoms with Gasteiger partial charge in [0.25, 0.3) is 0 Å². The summed E-state index contributed by atoms with van der Waals surface area (Å²) >= 11 is 0. The lowest BCUT2D eigenvalue weighted by atomic mass is 9.74. The minimum atomic E-state index is -0.672. The summed E-state index contributed by atoms with van der Waals surface area (Å²) in [7, 11) is 0. The van der Waals surface area contributed by atoms with E-state index in [1.165, 1.54) is 32.1 Å². The maximum atomic E-state index is 11.0. The van der Waals surface area contributed by atoms with Crippen molar-refractivity contribution in [2.45, 2.75) is 58.4 Å². The summed E-state index contributed by atoms with van der Waals surface area (Å²) in [6, 6.07) is 0.496. The molecule has 2 aliphatic rings. The minimum absolute atomic E-state index is 0.233. The first kappa shape index (κ1) is 12.9. The van der Waals surface area contributed by atoms with Gasteiger partial charge in [-0.1, -0.05) is 20.3 Å². The third kappa shape index (κ3) is 3.98. The molecule has 0 radical (unpaired) electrons. The second kappa shape index (κ2) is 4.97. The van der Waals surface area contributed by atoms with Crippen molar-refractivity contribution in [3.63, 3.8) is 0 Å². The monoisotopic (exact) mass is 239 g/mol. The average Bonchev–Trinajstić information content (AvgIpc) is 2.98. The van der Waals surface area contributed by atoms with Crippen molar-refractivity contribution in [2.75, 3.05) is 13.1 Å². The molecule has 0 heterocycles. The summed E-state index contributed by atoms with van der Waals surface area (Å²) in [5, 5.41) is 9.04. The highest BCUT2D eigenvalue weighted by Crippen LogP contribution is 2.39. The first-order valence-corrected chi connectivity index (χ1v) is 6.92. The number of carboxylic acid groups (broad SMARTS) is 1. The van der Waals surface area contributed by atoms with Crippen LogP contribution >= 0.6 is 0 Å². The van der Waals surface area contributed by atoms with E-state index in [-0.39, 0.29) is 6.54 Å². The minimum Gasteiger partial charge on any atom is -0.480 e. The van der Waals surface area contributed by atoms with Crippen molar-refractivity contribution < 1.29 is 9.90 Å². The number of carboxylic acids is 1. The first-order valence-electron chi connectivity index (χ1n) is 6.92. The Bertz CT molecular complexity index is 284. The second-order valence-electron chi connectivity index (χ2n) is 6.68. The third-order valence-electron chi connectivity index (χ3n) is 4.22. The van der Waals surface area contributed by atoms with Crippen LogP contribution in [0.25, 0.3) is 0 Å². The molecule has 0 saturated heterocycles. The Hall–Kier alpha value is -0.570. The highest BCUT2D eigenvalue weighted by Gasteiger charge is 2.34. The number of nitrogens with zero attached hydrogens (tertiary/aromatic N) is 1. The molecule has 0 spiro atoms. The Morgan fingerprint density at radius 1 is 1.35 bits per heavy atom. The predicted octanol–water partition coefficient (Wildman–Crippen LogP) is 2.75. The first-order chi connectivity index (χ1) is 7.96. The van der Waals surface area contributed by atoms with Crippen molar-refractivity contribution >= 4 is 5.97 Å². The Balaban J connectivity index is 1.95. The Morgan fingerprint density at radius 3 is 2.59 bits per heavy atom. The fourth-order valence-corrected chi connectivity index (χ4v) is 3.12. The molecule has 2 rings (SSSR count). The van der Waals surface area contributed by atoms with Crippen molar-refractivity contribution in [1.29, 1.82) is 0 Å². The van der Waals surface area contributed by atoms with E-state index >= 15 is 0 Å². The topological polar surface area (TPSA) is 40.5 Å². The molecule has 3 nitrogen and oxygen atoms in total. The zero-order valence-electron chi connectivity index (χ0n) is 11.1. The van der Waals surface area contributed by atoms with Crippen LogP contribution in [0.1, 0.15) is 52.4 Å². The van der Waals surface area contributed by atoms with Crippen molar-refractivity contribution in [1.82, 2.24) is 4.90 Å². The summed E-state index contributed by atoms with van der Waals surface area (Å²) in [5.74, 6) is 0.105. The fourth-order valence-electron chi connectivity index (χ4n) is 3.12. The van der Waals surface area contributed by atoms with Crippen molar-refractivity contribution in [3.8, 4) is 0 Å². The third-order valence-corrected chi connectivity index (χ3v) is 4.22. The molecule has 0 aromatic heterocycles. The molecule has 1 atom stereocenters. The van der Waals surface area contributed by atoms with E-state index in [0.717, 1.165) is 18.9 Å². The molecular formula is C14H25NO2. The SMILES string of the molecule is CC1(C)CCCC(N(CC(=O)O)CC2CC2)C1. The Labute approximate surface area is 104 Å². The maximum Gasteiger partial charge on any atom is 0.317 e. The number of aliphatic carboxylic acids is 1. The van der Waals surface area contributed by atoms with Crippen LogP contribution in [0.4, 0.5) is 0 Å². The second-order valence-corrected chi connectivity index (χ2v) is 6.68. The molecule has 2 aliphatic carbocycles. The van der Waals surface area contributed by atoms with Crippen molar-refractivity contribution in [2.24, 2.45) is 11.3 Å². The molecule has 1 N–H and O–H groups in total. The average molecular weight is 239 g/mol. The lowest BCUT2D eigenvalue weighted by Gasteiger charge is -2.40. The smallest absolute Gasteiger partial charge is 0.317 e. The number of carbonyl (C=O) groups is 1. The lowest BCUT2D eigenvalue weighted by Crippen LogP contribution is -2.44. The summed E-state index contributed by atoms with van der Waals surface area (Å²) < 4.78 is 0. The van der Waals surface area contributed by atoms with Gasteiger partial charge < -0.3 is 5.11 Å². The summed E-state index contributed by atoms with van der Waals surface area (Å²) in [4.78, 5) is 13.2. The van der Waals surface area contributed by atoms with Crippen LogP contribution in [0.5, 0.6) is 0 Å².